The number of hydrogen-bond donors (Lipinski definition) is 3. The summed E-state index contributed by atoms with van der Waals surface area (Å²) in [6.45, 7) is 1.28. The molecule has 0 spiro atoms. The number of benzene rings is 1. The number of aromatic amines is 1. The molecule has 0 amide bonds. The molecule has 0 saturated carbocycles. The molecule has 0 fully saturated rings. The third-order valence-electron chi connectivity index (χ3n) is 3.12. The molecule has 3 rings (SSSR count). The molecule has 2 aromatic heterocycles. The van der Waals surface area contributed by atoms with Crippen LogP contribution in [0.1, 0.15) is 0 Å². The maximum absolute atomic E-state index is 11.6. The first kappa shape index (κ1) is 12.9. The van der Waals surface area contributed by atoms with E-state index in [0.717, 1.165) is 26.6 Å². The van der Waals surface area contributed by atoms with Crippen molar-refractivity contribution in [3.05, 3.63) is 34.9 Å². The predicted molar refractivity (Wildman–Crippen MR) is 82.2 cm³/mol. The lowest BCUT2D eigenvalue weighted by molar-refractivity contribution is 0.892. The van der Waals surface area contributed by atoms with Crippen molar-refractivity contribution in [1.82, 2.24) is 14.5 Å². The Morgan fingerprint density at radius 3 is 3.15 bits per heavy atom. The van der Waals surface area contributed by atoms with E-state index in [4.69, 9.17) is 5.73 Å². The number of aryl methyl sites for hydroxylation is 1. The second-order valence-corrected chi connectivity index (χ2v) is 5.50. The number of rotatable bonds is 4. The summed E-state index contributed by atoms with van der Waals surface area (Å²) >= 11 is 1.57. The molecule has 0 aliphatic rings. The number of imidazole rings is 1. The Morgan fingerprint density at radius 1 is 1.50 bits per heavy atom. The van der Waals surface area contributed by atoms with Gasteiger partial charge in [-0.05, 0) is 17.7 Å². The minimum atomic E-state index is -0.105. The molecular formula is C13H15N5OS. The summed E-state index contributed by atoms with van der Waals surface area (Å²) in [5.41, 5.74) is 8.12. The van der Waals surface area contributed by atoms with Crippen LogP contribution in [0.5, 0.6) is 0 Å². The average molecular weight is 289 g/mol. The van der Waals surface area contributed by atoms with Gasteiger partial charge in [0.2, 0.25) is 0 Å². The van der Waals surface area contributed by atoms with Gasteiger partial charge in [0, 0.05) is 26.3 Å². The first-order chi connectivity index (χ1) is 9.69. The number of anilines is 1. The number of thiazole rings is 1. The second-order valence-electron chi connectivity index (χ2n) is 4.47. The minimum Gasteiger partial charge on any atom is -0.360 e. The Balaban J connectivity index is 1.99. The standard InChI is InChI=1S/C13H15N5OS/c1-18-10-6-8(2-3-9(10)17-13(18)19)11-7-16-12(20-11)15-5-4-14/h2-3,6-7H,4-5,14H2,1H3,(H,15,16)(H,17,19). The molecule has 6 nitrogen and oxygen atoms in total. The largest absolute Gasteiger partial charge is 0.360 e. The Hall–Kier alpha value is -2.12. The fourth-order valence-electron chi connectivity index (χ4n) is 2.04. The van der Waals surface area contributed by atoms with Crippen LogP contribution in [0.15, 0.2) is 29.2 Å². The van der Waals surface area contributed by atoms with E-state index in [-0.39, 0.29) is 5.69 Å². The van der Waals surface area contributed by atoms with E-state index < -0.39 is 0 Å². The maximum atomic E-state index is 11.6. The zero-order valence-corrected chi connectivity index (χ0v) is 11.8. The number of H-pyrrole nitrogens is 1. The van der Waals surface area contributed by atoms with E-state index in [2.05, 4.69) is 15.3 Å². The number of nitrogens with two attached hydrogens (primary N) is 1. The van der Waals surface area contributed by atoms with Crippen LogP contribution in [0.3, 0.4) is 0 Å². The van der Waals surface area contributed by atoms with Crippen LogP contribution >= 0.6 is 11.3 Å². The van der Waals surface area contributed by atoms with Crippen molar-refractivity contribution in [2.24, 2.45) is 12.8 Å². The van der Waals surface area contributed by atoms with E-state index in [9.17, 15) is 4.79 Å². The van der Waals surface area contributed by atoms with Crippen LogP contribution in [0, 0.1) is 0 Å². The zero-order valence-electron chi connectivity index (χ0n) is 11.0. The van der Waals surface area contributed by atoms with E-state index in [0.29, 0.717) is 13.1 Å². The molecule has 7 heteroatoms. The quantitative estimate of drug-likeness (QED) is 0.676. The van der Waals surface area contributed by atoms with Crippen molar-refractivity contribution < 1.29 is 0 Å². The van der Waals surface area contributed by atoms with Gasteiger partial charge in [-0.2, -0.15) is 0 Å². The first-order valence-electron chi connectivity index (χ1n) is 6.28. The van der Waals surface area contributed by atoms with E-state index in [1.54, 1.807) is 23.0 Å². The van der Waals surface area contributed by atoms with E-state index in [1.807, 2.05) is 24.4 Å². The second kappa shape index (κ2) is 5.10. The van der Waals surface area contributed by atoms with Crippen LogP contribution in [-0.2, 0) is 7.05 Å². The lowest BCUT2D eigenvalue weighted by atomic mass is 10.2. The number of hydrogen-bond acceptors (Lipinski definition) is 5. The summed E-state index contributed by atoms with van der Waals surface area (Å²) in [6.07, 6.45) is 1.83. The fourth-order valence-corrected chi connectivity index (χ4v) is 2.88. The summed E-state index contributed by atoms with van der Waals surface area (Å²) in [7, 11) is 1.76. The van der Waals surface area contributed by atoms with Gasteiger partial charge in [-0.3, -0.25) is 4.57 Å². The van der Waals surface area contributed by atoms with Crippen LogP contribution < -0.4 is 16.7 Å². The van der Waals surface area contributed by atoms with Gasteiger partial charge >= 0.3 is 5.69 Å². The lowest BCUT2D eigenvalue weighted by Gasteiger charge is -1.99. The van der Waals surface area contributed by atoms with E-state index in [1.165, 1.54) is 0 Å². The normalized spacial score (nSPS) is 11.1. The van der Waals surface area contributed by atoms with Crippen LogP contribution in [0.4, 0.5) is 5.13 Å². The average Bonchev–Trinajstić information content (AvgIpc) is 3.03. The zero-order chi connectivity index (χ0) is 14.1. The minimum absolute atomic E-state index is 0.105. The van der Waals surface area contributed by atoms with Gasteiger partial charge in [-0.25, -0.2) is 9.78 Å². The van der Waals surface area contributed by atoms with Gasteiger partial charge < -0.3 is 16.0 Å². The highest BCUT2D eigenvalue weighted by atomic mass is 32.1. The topological polar surface area (TPSA) is 88.7 Å². The summed E-state index contributed by atoms with van der Waals surface area (Å²) in [4.78, 5) is 19.8. The molecule has 0 radical (unpaired) electrons. The van der Waals surface area contributed by atoms with Crippen molar-refractivity contribution in [3.8, 4) is 10.4 Å². The number of nitrogens with zero attached hydrogens (tertiary/aromatic N) is 2. The molecule has 0 atom stereocenters. The molecule has 0 unspecified atom stereocenters. The summed E-state index contributed by atoms with van der Waals surface area (Å²) < 4.78 is 1.60. The van der Waals surface area contributed by atoms with Gasteiger partial charge in [0.15, 0.2) is 5.13 Å². The van der Waals surface area contributed by atoms with Gasteiger partial charge in [0.05, 0.1) is 15.9 Å². The Morgan fingerprint density at radius 2 is 2.35 bits per heavy atom. The van der Waals surface area contributed by atoms with Crippen molar-refractivity contribution in [2.45, 2.75) is 0 Å². The van der Waals surface area contributed by atoms with Gasteiger partial charge in [-0.1, -0.05) is 17.4 Å². The summed E-state index contributed by atoms with van der Waals surface area (Å²) in [5, 5.41) is 4.01. The van der Waals surface area contributed by atoms with Crippen molar-refractivity contribution in [3.63, 3.8) is 0 Å². The first-order valence-corrected chi connectivity index (χ1v) is 7.09. The monoisotopic (exact) mass is 289 g/mol. The molecule has 3 aromatic rings. The maximum Gasteiger partial charge on any atom is 0.326 e. The highest BCUT2D eigenvalue weighted by Crippen LogP contribution is 2.30. The van der Waals surface area contributed by atoms with Crippen molar-refractivity contribution in [2.75, 3.05) is 18.4 Å². The molecule has 104 valence electrons. The molecule has 1 aromatic carbocycles. The predicted octanol–water partition coefficient (Wildman–Crippen LogP) is 1.36. The molecule has 2 heterocycles. The van der Waals surface area contributed by atoms with Crippen LogP contribution in [-0.4, -0.2) is 27.6 Å². The van der Waals surface area contributed by atoms with Gasteiger partial charge in [0.1, 0.15) is 0 Å². The number of nitrogens with one attached hydrogen (secondary N) is 2. The van der Waals surface area contributed by atoms with Crippen molar-refractivity contribution >= 4 is 27.5 Å². The number of aromatic nitrogens is 3. The van der Waals surface area contributed by atoms with Crippen molar-refractivity contribution in [1.29, 1.82) is 0 Å². The number of fused-ring (bicyclic) bond motifs is 1. The van der Waals surface area contributed by atoms with Crippen LogP contribution in [0.2, 0.25) is 0 Å². The fraction of sp³-hybridized carbons (Fsp3) is 0.231. The Labute approximate surface area is 119 Å². The molecule has 0 saturated heterocycles. The molecular weight excluding hydrogens is 274 g/mol. The third kappa shape index (κ3) is 2.21. The SMILES string of the molecule is Cn1c(=O)[nH]c2ccc(-c3cnc(NCCN)s3)cc21. The van der Waals surface area contributed by atoms with Gasteiger partial charge in [0.25, 0.3) is 0 Å². The Bertz CT molecular complexity index is 801. The molecule has 4 N–H and O–H groups in total. The lowest BCUT2D eigenvalue weighted by Crippen LogP contribution is -2.12. The molecule has 0 aliphatic heterocycles. The smallest absolute Gasteiger partial charge is 0.326 e. The van der Waals surface area contributed by atoms with Gasteiger partial charge in [-0.15, -0.1) is 0 Å². The third-order valence-corrected chi connectivity index (χ3v) is 4.12. The summed E-state index contributed by atoms with van der Waals surface area (Å²) in [6, 6.07) is 5.89. The summed E-state index contributed by atoms with van der Waals surface area (Å²) in [5.74, 6) is 0. The molecule has 0 bridgehead atoms. The highest BCUT2D eigenvalue weighted by Gasteiger charge is 2.08. The van der Waals surface area contributed by atoms with E-state index >= 15 is 0 Å². The Kier molecular flexibility index (Phi) is 3.29. The molecule has 0 aliphatic carbocycles. The van der Waals surface area contributed by atoms with Crippen LogP contribution in [0.25, 0.3) is 21.5 Å². The highest BCUT2D eigenvalue weighted by molar-refractivity contribution is 7.18. The molecule has 20 heavy (non-hydrogen) atoms.